The molecule has 2 aliphatic rings. The van der Waals surface area contributed by atoms with Gasteiger partial charge in [0.15, 0.2) is 16.8 Å². The molecule has 3 rings (SSSR count). The number of benzene rings is 1. The van der Waals surface area contributed by atoms with Crippen molar-refractivity contribution in [1.29, 1.82) is 0 Å². The lowest BCUT2D eigenvalue weighted by atomic mass is 9.85. The maximum Gasteiger partial charge on any atom is 0.407 e. The quantitative estimate of drug-likeness (QED) is 0.557. The molecular formula is C18H22F2N4O4S. The Morgan fingerprint density at radius 1 is 1.48 bits per heavy atom. The van der Waals surface area contributed by atoms with Crippen molar-refractivity contribution in [2.24, 2.45) is 16.6 Å². The molecular weight excluding hydrogens is 406 g/mol. The van der Waals surface area contributed by atoms with E-state index in [-0.39, 0.29) is 23.2 Å². The molecule has 158 valence electrons. The monoisotopic (exact) mass is 428 g/mol. The van der Waals surface area contributed by atoms with Gasteiger partial charge < -0.3 is 15.7 Å². The molecule has 1 aromatic carbocycles. The van der Waals surface area contributed by atoms with Crippen molar-refractivity contribution in [1.82, 2.24) is 4.90 Å². The third kappa shape index (κ3) is 3.52. The molecule has 0 aromatic heterocycles. The lowest BCUT2D eigenvalue weighted by Crippen LogP contribution is -2.51. The summed E-state index contributed by atoms with van der Waals surface area (Å²) in [6, 6.07) is 1.51. The van der Waals surface area contributed by atoms with Gasteiger partial charge in [-0.15, -0.1) is 0 Å². The van der Waals surface area contributed by atoms with Crippen molar-refractivity contribution in [2.75, 3.05) is 6.54 Å². The minimum atomic E-state index is -1.35. The second kappa shape index (κ2) is 6.54. The first-order valence-corrected chi connectivity index (χ1v) is 9.72. The van der Waals surface area contributed by atoms with Crippen LogP contribution in [0.5, 0.6) is 0 Å². The SMILES string of the molecule is CC(C)(C)N(C[C@]12C[C@H]1[C@@](C)(c1cc([N+](=O)[O-])cc(F)c1F)N=C(N)S2)C(=O)O. The van der Waals surface area contributed by atoms with Crippen LogP contribution in [-0.4, -0.2) is 43.0 Å². The fraction of sp³-hybridized carbons (Fsp3) is 0.556. The van der Waals surface area contributed by atoms with Crippen molar-refractivity contribution >= 4 is 28.7 Å². The second-order valence-electron chi connectivity index (χ2n) is 8.61. The summed E-state index contributed by atoms with van der Waals surface area (Å²) >= 11 is 1.21. The van der Waals surface area contributed by atoms with Gasteiger partial charge in [0.2, 0.25) is 0 Å². The predicted molar refractivity (Wildman–Crippen MR) is 105 cm³/mol. The van der Waals surface area contributed by atoms with Crippen molar-refractivity contribution in [2.45, 2.75) is 49.9 Å². The fourth-order valence-electron chi connectivity index (χ4n) is 4.01. The van der Waals surface area contributed by atoms with Crippen LogP contribution in [0.1, 0.15) is 39.7 Å². The van der Waals surface area contributed by atoms with Gasteiger partial charge in [0.05, 0.1) is 16.5 Å². The van der Waals surface area contributed by atoms with Gasteiger partial charge in [-0.05, 0) is 34.1 Å². The van der Waals surface area contributed by atoms with E-state index in [0.717, 1.165) is 6.07 Å². The molecule has 1 aromatic rings. The van der Waals surface area contributed by atoms with E-state index in [1.54, 1.807) is 27.7 Å². The molecule has 8 nitrogen and oxygen atoms in total. The van der Waals surface area contributed by atoms with Gasteiger partial charge in [-0.1, -0.05) is 11.8 Å². The van der Waals surface area contributed by atoms with E-state index in [4.69, 9.17) is 5.73 Å². The summed E-state index contributed by atoms with van der Waals surface area (Å²) in [5, 5.41) is 20.9. The molecule has 29 heavy (non-hydrogen) atoms. The average molecular weight is 428 g/mol. The largest absolute Gasteiger partial charge is 0.465 e. The number of nitro groups is 1. The molecule has 1 saturated carbocycles. The zero-order valence-electron chi connectivity index (χ0n) is 16.4. The van der Waals surface area contributed by atoms with Crippen molar-refractivity contribution in [3.8, 4) is 0 Å². The number of thioether (sulfide) groups is 1. The number of hydrogen-bond donors (Lipinski definition) is 2. The highest BCUT2D eigenvalue weighted by molar-refractivity contribution is 8.15. The first-order valence-electron chi connectivity index (χ1n) is 8.90. The van der Waals surface area contributed by atoms with E-state index in [9.17, 15) is 28.8 Å². The minimum absolute atomic E-state index is 0.104. The summed E-state index contributed by atoms with van der Waals surface area (Å²) in [6.45, 7) is 6.94. The first-order chi connectivity index (χ1) is 13.2. The van der Waals surface area contributed by atoms with Crippen LogP contribution in [0.4, 0.5) is 19.3 Å². The summed E-state index contributed by atoms with van der Waals surface area (Å²) in [4.78, 5) is 27.7. The average Bonchev–Trinajstić information content (AvgIpc) is 3.28. The third-order valence-electron chi connectivity index (χ3n) is 5.59. The van der Waals surface area contributed by atoms with E-state index < -0.39 is 44.2 Å². The van der Waals surface area contributed by atoms with Gasteiger partial charge >= 0.3 is 6.09 Å². The number of amidine groups is 1. The molecule has 1 aliphatic heterocycles. The molecule has 0 saturated heterocycles. The Balaban J connectivity index is 2.06. The number of nitrogens with two attached hydrogens (primary N) is 1. The zero-order valence-corrected chi connectivity index (χ0v) is 17.2. The number of carbonyl (C=O) groups is 1. The van der Waals surface area contributed by atoms with Crippen LogP contribution in [0, 0.1) is 27.7 Å². The smallest absolute Gasteiger partial charge is 0.407 e. The van der Waals surface area contributed by atoms with Crippen LogP contribution in [0.2, 0.25) is 0 Å². The Morgan fingerprint density at radius 2 is 2.10 bits per heavy atom. The van der Waals surface area contributed by atoms with Crippen molar-refractivity contribution in [3.05, 3.63) is 39.4 Å². The van der Waals surface area contributed by atoms with Crippen LogP contribution in [-0.2, 0) is 5.54 Å². The Morgan fingerprint density at radius 3 is 2.62 bits per heavy atom. The molecule has 1 amide bonds. The lowest BCUT2D eigenvalue weighted by molar-refractivity contribution is -0.385. The highest BCUT2D eigenvalue weighted by Crippen LogP contribution is 2.66. The molecule has 11 heteroatoms. The lowest BCUT2D eigenvalue weighted by Gasteiger charge is -2.39. The normalized spacial score (nSPS) is 28.3. The Kier molecular flexibility index (Phi) is 4.80. The summed E-state index contributed by atoms with van der Waals surface area (Å²) in [6.07, 6.45) is -0.643. The van der Waals surface area contributed by atoms with Gasteiger partial charge in [-0.2, -0.15) is 0 Å². The van der Waals surface area contributed by atoms with E-state index >= 15 is 0 Å². The predicted octanol–water partition coefficient (Wildman–Crippen LogP) is 3.69. The van der Waals surface area contributed by atoms with Gasteiger partial charge in [0, 0.05) is 34.4 Å². The Hall–Kier alpha value is -2.43. The number of fused-ring (bicyclic) bond motifs is 1. The number of non-ortho nitro benzene ring substituents is 1. The fourth-order valence-corrected chi connectivity index (χ4v) is 5.48. The molecule has 1 heterocycles. The Bertz CT molecular complexity index is 935. The van der Waals surface area contributed by atoms with Gasteiger partial charge in [0.1, 0.15) is 0 Å². The third-order valence-corrected chi connectivity index (χ3v) is 6.88. The number of aliphatic imine (C=N–C) groups is 1. The zero-order chi connectivity index (χ0) is 21.9. The van der Waals surface area contributed by atoms with E-state index in [0.29, 0.717) is 12.5 Å². The van der Waals surface area contributed by atoms with Crippen LogP contribution >= 0.6 is 11.8 Å². The molecule has 1 aliphatic carbocycles. The number of nitrogens with zero attached hydrogens (tertiary/aromatic N) is 3. The number of carboxylic acid groups (broad SMARTS) is 1. The number of rotatable bonds is 4. The number of nitro benzene ring substituents is 1. The van der Waals surface area contributed by atoms with E-state index in [1.807, 2.05) is 0 Å². The van der Waals surface area contributed by atoms with Gasteiger partial charge in [0.25, 0.3) is 5.69 Å². The molecule has 0 bridgehead atoms. The molecule has 0 radical (unpaired) electrons. The topological polar surface area (TPSA) is 122 Å². The maximum absolute atomic E-state index is 14.7. The summed E-state index contributed by atoms with van der Waals surface area (Å²) in [5.41, 5.74) is 3.12. The highest BCUT2D eigenvalue weighted by atomic mass is 32.2. The Labute approximate surface area is 170 Å². The number of hydrogen-bond acceptors (Lipinski definition) is 6. The summed E-state index contributed by atoms with van der Waals surface area (Å²) < 4.78 is 28.1. The molecule has 1 fully saturated rings. The van der Waals surface area contributed by atoms with Crippen molar-refractivity contribution in [3.63, 3.8) is 0 Å². The second-order valence-corrected chi connectivity index (χ2v) is 10.0. The molecule has 3 atom stereocenters. The van der Waals surface area contributed by atoms with Crippen molar-refractivity contribution < 1.29 is 23.6 Å². The van der Waals surface area contributed by atoms with Gasteiger partial charge in [-0.25, -0.2) is 13.6 Å². The number of halogens is 2. The highest BCUT2D eigenvalue weighted by Gasteiger charge is 2.67. The van der Waals surface area contributed by atoms with Crippen LogP contribution < -0.4 is 5.73 Å². The van der Waals surface area contributed by atoms with Gasteiger partial charge in [-0.3, -0.25) is 15.1 Å². The molecule has 3 N–H and O–H groups in total. The molecule has 0 unspecified atom stereocenters. The maximum atomic E-state index is 14.7. The standard InChI is InChI=1S/C18H22F2N4O4S/c1-16(2,3)23(15(25)26)8-18-7-12(18)17(4,22-14(21)29-18)10-5-9(24(27)28)6-11(19)13(10)20/h5-6,12H,7-8H2,1-4H3,(H2,21,22)(H,25,26)/t12-,17+,18+/m0/s1. The number of amides is 1. The van der Waals surface area contributed by atoms with Crippen LogP contribution in [0.3, 0.4) is 0 Å². The summed E-state index contributed by atoms with van der Waals surface area (Å²) in [5.74, 6) is -2.92. The minimum Gasteiger partial charge on any atom is -0.465 e. The van der Waals surface area contributed by atoms with E-state index in [1.165, 1.54) is 16.7 Å². The van der Waals surface area contributed by atoms with Crippen LogP contribution in [0.15, 0.2) is 17.1 Å². The van der Waals surface area contributed by atoms with Crippen LogP contribution in [0.25, 0.3) is 0 Å². The molecule has 0 spiro atoms. The summed E-state index contributed by atoms with van der Waals surface area (Å²) in [7, 11) is 0. The van der Waals surface area contributed by atoms with E-state index in [2.05, 4.69) is 4.99 Å². The first kappa shape index (κ1) is 21.3.